The number of aromatic nitrogens is 1. The van der Waals surface area contributed by atoms with Crippen LogP contribution in [0.5, 0.6) is 0 Å². The Morgan fingerprint density at radius 2 is 2.00 bits per heavy atom. The van der Waals surface area contributed by atoms with Crippen LogP contribution in [0.2, 0.25) is 0 Å². The average Bonchev–Trinajstić information content (AvgIpc) is 3.68. The lowest BCUT2D eigenvalue weighted by Gasteiger charge is -2.22. The molecule has 10 heteroatoms. The Balaban J connectivity index is 1.65. The number of aliphatic hydroxyl groups excluding tert-OH is 1. The summed E-state index contributed by atoms with van der Waals surface area (Å²) in [6.45, 7) is 2.69. The molecule has 1 aromatic carbocycles. The number of rotatable bonds is 9. The van der Waals surface area contributed by atoms with Gasteiger partial charge in [0.05, 0.1) is 29.6 Å². The second-order valence-corrected chi connectivity index (χ2v) is 9.18. The van der Waals surface area contributed by atoms with E-state index < -0.39 is 11.2 Å². The number of nitrogens with one attached hydrogen (secondary N) is 1. The smallest absolute Gasteiger partial charge is 0.250 e. The van der Waals surface area contributed by atoms with Crippen LogP contribution in [0, 0.1) is 5.82 Å². The third-order valence-corrected chi connectivity index (χ3v) is 6.51. The molecule has 0 unspecified atom stereocenters. The van der Waals surface area contributed by atoms with Crippen molar-refractivity contribution >= 4 is 35.1 Å². The Bertz CT molecular complexity index is 1230. The average molecular weight is 495 g/mol. The van der Waals surface area contributed by atoms with Crippen molar-refractivity contribution in [1.82, 2.24) is 9.88 Å². The fraction of sp³-hybridized carbons (Fsp3) is 0.385. The molecule has 1 aliphatic carbocycles. The molecule has 0 radical (unpaired) electrons. The molecule has 0 atom stereocenters. The normalized spacial score (nSPS) is 15.8. The first kappa shape index (κ1) is 25.5. The lowest BCUT2D eigenvalue weighted by molar-refractivity contribution is -0.127. The van der Waals surface area contributed by atoms with Crippen molar-refractivity contribution in [3.63, 3.8) is 0 Å². The van der Waals surface area contributed by atoms with E-state index in [1.807, 2.05) is 6.92 Å². The molecule has 0 saturated heterocycles. The zero-order valence-corrected chi connectivity index (χ0v) is 20.3. The summed E-state index contributed by atoms with van der Waals surface area (Å²) in [5.74, 6) is -0.980. The zero-order valence-electron chi connectivity index (χ0n) is 20.3. The summed E-state index contributed by atoms with van der Waals surface area (Å²) >= 11 is 0. The maximum absolute atomic E-state index is 15.4. The van der Waals surface area contributed by atoms with Gasteiger partial charge in [0.25, 0.3) is 0 Å². The van der Waals surface area contributed by atoms with E-state index >= 15 is 4.39 Å². The van der Waals surface area contributed by atoms with E-state index in [-0.39, 0.29) is 48.5 Å². The van der Waals surface area contributed by atoms with Gasteiger partial charge < -0.3 is 26.8 Å². The van der Waals surface area contributed by atoms with Crippen LogP contribution in [-0.2, 0) is 21.5 Å². The quantitative estimate of drug-likeness (QED) is 0.421. The molecule has 2 heterocycles. The van der Waals surface area contributed by atoms with E-state index in [0.29, 0.717) is 49.2 Å². The minimum Gasteiger partial charge on any atom is -0.395 e. The van der Waals surface area contributed by atoms with Crippen LogP contribution in [0.1, 0.15) is 49.3 Å². The molecule has 1 aliphatic heterocycles. The van der Waals surface area contributed by atoms with Gasteiger partial charge in [-0.15, -0.1) is 0 Å². The van der Waals surface area contributed by atoms with Gasteiger partial charge in [-0.05, 0) is 54.7 Å². The summed E-state index contributed by atoms with van der Waals surface area (Å²) in [7, 11) is 0. The number of amides is 2. The molecule has 4 rings (SSSR count). The van der Waals surface area contributed by atoms with E-state index in [1.54, 1.807) is 18.3 Å². The summed E-state index contributed by atoms with van der Waals surface area (Å²) in [6, 6.07) is 4.77. The Labute approximate surface area is 209 Å². The van der Waals surface area contributed by atoms with Crippen LogP contribution in [-0.4, -0.2) is 52.3 Å². The van der Waals surface area contributed by atoms with E-state index in [4.69, 9.17) is 11.5 Å². The van der Waals surface area contributed by atoms with E-state index in [2.05, 4.69) is 15.3 Å². The fourth-order valence-electron chi connectivity index (χ4n) is 4.47. The summed E-state index contributed by atoms with van der Waals surface area (Å²) in [5.41, 5.74) is 13.4. The van der Waals surface area contributed by atoms with Crippen molar-refractivity contribution in [3.05, 3.63) is 58.7 Å². The molecule has 2 aromatic rings. The lowest BCUT2D eigenvalue weighted by Crippen LogP contribution is -2.36. The predicted octanol–water partition coefficient (Wildman–Crippen LogP) is 2.36. The number of amidine groups is 1. The van der Waals surface area contributed by atoms with Crippen molar-refractivity contribution in [1.29, 1.82) is 0 Å². The van der Waals surface area contributed by atoms with Crippen LogP contribution in [0.15, 0.2) is 41.2 Å². The van der Waals surface area contributed by atoms with E-state index in [0.717, 1.165) is 5.56 Å². The summed E-state index contributed by atoms with van der Waals surface area (Å²) in [4.78, 5) is 36.3. The molecule has 0 bridgehead atoms. The molecule has 1 aromatic heterocycles. The second kappa shape index (κ2) is 10.5. The number of carbonyl (C=O) groups excluding carboxylic acids is 2. The monoisotopic (exact) mass is 494 g/mol. The molecule has 36 heavy (non-hydrogen) atoms. The third-order valence-electron chi connectivity index (χ3n) is 6.51. The summed E-state index contributed by atoms with van der Waals surface area (Å²) in [5, 5.41) is 12.2. The van der Waals surface area contributed by atoms with Gasteiger partial charge in [0.15, 0.2) is 0 Å². The summed E-state index contributed by atoms with van der Waals surface area (Å²) in [6.07, 6.45) is 6.55. The molecule has 0 spiro atoms. The number of pyridine rings is 1. The Morgan fingerprint density at radius 1 is 1.22 bits per heavy atom. The number of nitrogens with zero attached hydrogens (tertiary/aromatic N) is 3. The highest BCUT2D eigenvalue weighted by Crippen LogP contribution is 2.50. The van der Waals surface area contributed by atoms with Gasteiger partial charge in [-0.3, -0.25) is 14.6 Å². The first-order valence-electron chi connectivity index (χ1n) is 12.0. The zero-order chi connectivity index (χ0) is 25.9. The van der Waals surface area contributed by atoms with Gasteiger partial charge in [0.2, 0.25) is 11.8 Å². The van der Waals surface area contributed by atoms with E-state index in [1.165, 1.54) is 23.2 Å². The predicted molar refractivity (Wildman–Crippen MR) is 136 cm³/mol. The maximum Gasteiger partial charge on any atom is 0.250 e. The number of carbonyl (C=O) groups is 2. The number of nitrogens with two attached hydrogens (primary N) is 2. The second-order valence-electron chi connectivity index (χ2n) is 9.18. The molecule has 6 N–H and O–H groups in total. The number of benzene rings is 1. The van der Waals surface area contributed by atoms with Crippen LogP contribution in [0.4, 0.5) is 15.8 Å². The van der Waals surface area contributed by atoms with Crippen molar-refractivity contribution in [3.8, 4) is 0 Å². The van der Waals surface area contributed by atoms with Crippen LogP contribution in [0.25, 0.3) is 6.08 Å². The number of hydrogen-bond donors (Lipinski definition) is 4. The van der Waals surface area contributed by atoms with Crippen LogP contribution >= 0.6 is 0 Å². The van der Waals surface area contributed by atoms with Crippen molar-refractivity contribution in [2.45, 2.75) is 44.6 Å². The largest absolute Gasteiger partial charge is 0.395 e. The van der Waals surface area contributed by atoms with Gasteiger partial charge in [0, 0.05) is 43.4 Å². The standard InChI is InChI=1S/C26H31FN6O3/c1-2-5-33(6-7-34)24(35)17-9-20-21(27)11-18(12-22(20)32-23(29)10-17)26(3-4-26)25(36)31-19-8-16(13-28)14-30-15-19/h8-9,11-12,14-15,34H,2-7,10,13,28H2,1H3,(H2,29,32)(H,31,36). The SMILES string of the molecule is CCCN(CCO)C(=O)C1=Cc2c(F)cc(C3(C(=O)Nc4cncc(CN)c4)CC3)cc2N=C(N)C1. The molecule has 190 valence electrons. The Hall–Kier alpha value is -3.63. The third kappa shape index (κ3) is 5.14. The highest BCUT2D eigenvalue weighted by atomic mass is 19.1. The summed E-state index contributed by atoms with van der Waals surface area (Å²) < 4.78 is 15.4. The lowest BCUT2D eigenvalue weighted by atomic mass is 9.92. The fourth-order valence-corrected chi connectivity index (χ4v) is 4.47. The van der Waals surface area contributed by atoms with Gasteiger partial charge in [-0.25, -0.2) is 9.38 Å². The molecule has 2 aliphatic rings. The van der Waals surface area contributed by atoms with Gasteiger partial charge in [-0.2, -0.15) is 0 Å². The molecule has 9 nitrogen and oxygen atoms in total. The minimum absolute atomic E-state index is 0.0596. The molecule has 2 amide bonds. The highest BCUT2D eigenvalue weighted by molar-refractivity contribution is 6.06. The van der Waals surface area contributed by atoms with Crippen LogP contribution < -0.4 is 16.8 Å². The number of halogens is 1. The molecular formula is C26H31FN6O3. The minimum atomic E-state index is -0.882. The Kier molecular flexibility index (Phi) is 7.46. The first-order chi connectivity index (χ1) is 17.3. The van der Waals surface area contributed by atoms with Gasteiger partial charge in [-0.1, -0.05) is 6.92 Å². The number of anilines is 1. The maximum atomic E-state index is 15.4. The number of aliphatic imine (C=N–C) groups is 1. The Morgan fingerprint density at radius 3 is 2.67 bits per heavy atom. The number of fused-ring (bicyclic) bond motifs is 1. The van der Waals surface area contributed by atoms with Crippen molar-refractivity contribution in [2.75, 3.05) is 25.0 Å². The van der Waals surface area contributed by atoms with E-state index in [9.17, 15) is 14.7 Å². The van der Waals surface area contributed by atoms with Crippen LogP contribution in [0.3, 0.4) is 0 Å². The first-order valence-corrected chi connectivity index (χ1v) is 12.0. The van der Waals surface area contributed by atoms with Gasteiger partial charge in [0.1, 0.15) is 11.7 Å². The molecule has 1 fully saturated rings. The molecular weight excluding hydrogens is 463 g/mol. The topological polar surface area (TPSA) is 147 Å². The highest BCUT2D eigenvalue weighted by Gasteiger charge is 2.52. The molecule has 1 saturated carbocycles. The van der Waals surface area contributed by atoms with Gasteiger partial charge >= 0.3 is 0 Å². The number of hydrogen-bond acceptors (Lipinski definition) is 7. The van der Waals surface area contributed by atoms with Crippen molar-refractivity contribution in [2.24, 2.45) is 16.5 Å². The van der Waals surface area contributed by atoms with Crippen molar-refractivity contribution < 1.29 is 19.1 Å². The number of aliphatic hydroxyl groups is 1.